The van der Waals surface area contributed by atoms with Gasteiger partial charge in [0.2, 0.25) is 0 Å². The third-order valence-corrected chi connectivity index (χ3v) is 3.01. The third kappa shape index (κ3) is 1.92. The molecule has 0 fully saturated rings. The van der Waals surface area contributed by atoms with Gasteiger partial charge in [-0.3, -0.25) is 9.97 Å². The van der Waals surface area contributed by atoms with E-state index in [9.17, 15) is 0 Å². The maximum atomic E-state index is 4.66. The van der Waals surface area contributed by atoms with Crippen molar-refractivity contribution in [2.24, 2.45) is 0 Å². The van der Waals surface area contributed by atoms with Crippen molar-refractivity contribution in [2.45, 2.75) is 13.8 Å². The van der Waals surface area contributed by atoms with Gasteiger partial charge in [-0.2, -0.15) is 0 Å². The van der Waals surface area contributed by atoms with Gasteiger partial charge in [0, 0.05) is 39.7 Å². The molecule has 0 bridgehead atoms. The van der Waals surface area contributed by atoms with Gasteiger partial charge < -0.3 is 0 Å². The minimum absolute atomic E-state index is 0. The molecule has 0 saturated heterocycles. The molecule has 0 amide bonds. The van der Waals surface area contributed by atoms with Crippen molar-refractivity contribution in [3.05, 3.63) is 47.8 Å². The summed E-state index contributed by atoms with van der Waals surface area (Å²) < 4.78 is 0. The van der Waals surface area contributed by atoms with Gasteiger partial charge in [0.25, 0.3) is 0 Å². The van der Waals surface area contributed by atoms with Crippen LogP contribution in [0.2, 0.25) is 0 Å². The van der Waals surface area contributed by atoms with Gasteiger partial charge in [0.15, 0.2) is 0 Å². The quantitative estimate of drug-likeness (QED) is 0.463. The van der Waals surface area contributed by atoms with Crippen molar-refractivity contribution >= 4 is 21.8 Å². The average molecular weight is 272 g/mol. The smallest absolute Gasteiger partial charge is 0.0799 e. The molecule has 17 heavy (non-hydrogen) atoms. The van der Waals surface area contributed by atoms with Crippen LogP contribution in [-0.2, 0) is 17.1 Å². The zero-order valence-electron chi connectivity index (χ0n) is 9.66. The van der Waals surface area contributed by atoms with E-state index in [-0.39, 0.29) is 17.1 Å². The van der Waals surface area contributed by atoms with Crippen molar-refractivity contribution in [1.29, 1.82) is 0 Å². The molecular weight excluding hydrogens is 260 g/mol. The van der Waals surface area contributed by atoms with E-state index in [1.54, 1.807) is 0 Å². The van der Waals surface area contributed by atoms with Gasteiger partial charge in [-0.25, -0.2) is 0 Å². The molecule has 2 heterocycles. The Hall–Kier alpha value is -1.44. The number of rotatable bonds is 0. The molecule has 3 heteroatoms. The second-order valence-corrected chi connectivity index (χ2v) is 4.10. The van der Waals surface area contributed by atoms with Crippen molar-refractivity contribution in [2.75, 3.05) is 0 Å². The molecule has 0 aliphatic rings. The Morgan fingerprint density at radius 3 is 2.71 bits per heavy atom. The van der Waals surface area contributed by atoms with Crippen LogP contribution in [0.5, 0.6) is 0 Å². The summed E-state index contributed by atoms with van der Waals surface area (Å²) in [6.45, 7) is 4.14. The standard InChI is InChI=1S/C14H12N2.Cu/c1-9-8-11-5-6-13-12(4-3-7-15-13)14(11)16-10(9)2;/h3-8H,1-2H3;. The number of nitrogens with zero attached hydrogens (tertiary/aromatic N) is 2. The van der Waals surface area contributed by atoms with E-state index < -0.39 is 0 Å². The van der Waals surface area contributed by atoms with Crippen molar-refractivity contribution in [3.63, 3.8) is 0 Å². The SMILES string of the molecule is Cc1cc2ccc3ncccc3c2nc1C.[Cu]. The van der Waals surface area contributed by atoms with Crippen LogP contribution in [-0.4, -0.2) is 9.97 Å². The largest absolute Gasteiger partial charge is 0.256 e. The summed E-state index contributed by atoms with van der Waals surface area (Å²) in [7, 11) is 0. The zero-order chi connectivity index (χ0) is 11.1. The van der Waals surface area contributed by atoms with Gasteiger partial charge in [0.05, 0.1) is 11.0 Å². The maximum Gasteiger partial charge on any atom is 0.0799 e. The summed E-state index contributed by atoms with van der Waals surface area (Å²) in [6, 6.07) is 10.4. The first-order valence-electron chi connectivity index (χ1n) is 5.37. The molecule has 0 N–H and O–H groups in total. The van der Waals surface area contributed by atoms with Gasteiger partial charge in [-0.15, -0.1) is 0 Å². The first-order valence-corrected chi connectivity index (χ1v) is 5.37. The fourth-order valence-corrected chi connectivity index (χ4v) is 1.99. The summed E-state index contributed by atoms with van der Waals surface area (Å²) in [4.78, 5) is 9.01. The zero-order valence-corrected chi connectivity index (χ0v) is 10.6. The van der Waals surface area contributed by atoms with E-state index in [1.807, 2.05) is 25.3 Å². The Morgan fingerprint density at radius 1 is 1.06 bits per heavy atom. The number of hydrogen-bond acceptors (Lipinski definition) is 2. The van der Waals surface area contributed by atoms with Crippen LogP contribution < -0.4 is 0 Å². The Kier molecular flexibility index (Phi) is 3.14. The molecule has 89 valence electrons. The molecule has 3 aromatic rings. The molecule has 0 unspecified atom stereocenters. The fraction of sp³-hybridized carbons (Fsp3) is 0.143. The minimum Gasteiger partial charge on any atom is -0.256 e. The summed E-state index contributed by atoms with van der Waals surface area (Å²) in [5.74, 6) is 0. The second kappa shape index (κ2) is 4.44. The Labute approximate surface area is 111 Å². The molecule has 3 rings (SSSR count). The monoisotopic (exact) mass is 271 g/mol. The van der Waals surface area contributed by atoms with Crippen LogP contribution in [0.4, 0.5) is 0 Å². The van der Waals surface area contributed by atoms with Gasteiger partial charge in [-0.05, 0) is 43.7 Å². The molecule has 1 aromatic carbocycles. The van der Waals surface area contributed by atoms with E-state index in [4.69, 9.17) is 0 Å². The van der Waals surface area contributed by atoms with E-state index in [2.05, 4.69) is 35.1 Å². The van der Waals surface area contributed by atoms with Gasteiger partial charge in [-0.1, -0.05) is 6.07 Å². The number of aryl methyl sites for hydroxylation is 2. The van der Waals surface area contributed by atoms with E-state index in [1.165, 1.54) is 10.9 Å². The molecule has 0 aliphatic heterocycles. The summed E-state index contributed by atoms with van der Waals surface area (Å²) >= 11 is 0. The molecule has 1 radical (unpaired) electrons. The molecular formula is C14H12CuN2. The number of aromatic nitrogens is 2. The number of pyridine rings is 2. The summed E-state index contributed by atoms with van der Waals surface area (Å²) in [5.41, 5.74) is 4.37. The number of hydrogen-bond donors (Lipinski definition) is 0. The number of fused-ring (bicyclic) bond motifs is 3. The summed E-state index contributed by atoms with van der Waals surface area (Å²) in [6.07, 6.45) is 1.81. The summed E-state index contributed by atoms with van der Waals surface area (Å²) in [5, 5.41) is 2.31. The van der Waals surface area contributed by atoms with Crippen LogP contribution >= 0.6 is 0 Å². The topological polar surface area (TPSA) is 25.8 Å². The van der Waals surface area contributed by atoms with Gasteiger partial charge >= 0.3 is 0 Å². The maximum absolute atomic E-state index is 4.66. The van der Waals surface area contributed by atoms with E-state index >= 15 is 0 Å². The average Bonchev–Trinajstić information content (AvgIpc) is 2.31. The van der Waals surface area contributed by atoms with E-state index in [0.717, 1.165) is 22.1 Å². The molecule has 2 nitrogen and oxygen atoms in total. The predicted octanol–water partition coefficient (Wildman–Crippen LogP) is 3.40. The Balaban J connectivity index is 0.00000108. The van der Waals surface area contributed by atoms with Crippen molar-refractivity contribution < 1.29 is 17.1 Å². The van der Waals surface area contributed by atoms with Crippen LogP contribution in [0, 0.1) is 13.8 Å². The third-order valence-electron chi connectivity index (χ3n) is 3.01. The van der Waals surface area contributed by atoms with E-state index in [0.29, 0.717) is 0 Å². The normalized spacial score (nSPS) is 10.5. The van der Waals surface area contributed by atoms with Crippen LogP contribution in [0.3, 0.4) is 0 Å². The second-order valence-electron chi connectivity index (χ2n) is 4.10. The van der Waals surface area contributed by atoms with Gasteiger partial charge in [0.1, 0.15) is 0 Å². The number of benzene rings is 1. The Bertz CT molecular complexity index is 692. The molecule has 2 aromatic heterocycles. The fourth-order valence-electron chi connectivity index (χ4n) is 1.99. The molecule has 0 atom stereocenters. The predicted molar refractivity (Wildman–Crippen MR) is 66.5 cm³/mol. The first kappa shape index (κ1) is 12.0. The molecule has 0 aliphatic carbocycles. The molecule has 0 saturated carbocycles. The van der Waals surface area contributed by atoms with Crippen LogP contribution in [0.1, 0.15) is 11.3 Å². The van der Waals surface area contributed by atoms with Crippen molar-refractivity contribution in [3.8, 4) is 0 Å². The van der Waals surface area contributed by atoms with Crippen molar-refractivity contribution in [1.82, 2.24) is 9.97 Å². The van der Waals surface area contributed by atoms with Crippen LogP contribution in [0.25, 0.3) is 21.8 Å². The minimum atomic E-state index is 0. The first-order chi connectivity index (χ1) is 7.75. The van der Waals surface area contributed by atoms with Crippen LogP contribution in [0.15, 0.2) is 36.5 Å². The molecule has 0 spiro atoms. The Morgan fingerprint density at radius 2 is 1.88 bits per heavy atom.